The number of anilines is 1. The van der Waals surface area contributed by atoms with E-state index in [0.29, 0.717) is 23.2 Å². The number of nitrogens with zero attached hydrogens (tertiary/aromatic N) is 3. The number of halogens is 1. The molecule has 1 fully saturated rings. The van der Waals surface area contributed by atoms with Crippen molar-refractivity contribution < 1.29 is 0 Å². The van der Waals surface area contributed by atoms with E-state index >= 15 is 0 Å². The first-order chi connectivity index (χ1) is 7.99. The standard InChI is InChI=1S/C13H20ClN3/c1-8-5-9(2)11(4)17(7-8)12-10(3)6-15-13(14)16-12/h6,8-9,11H,5,7H2,1-4H3. The van der Waals surface area contributed by atoms with Crippen LogP contribution in [-0.4, -0.2) is 22.6 Å². The predicted molar refractivity (Wildman–Crippen MR) is 71.5 cm³/mol. The first-order valence-corrected chi connectivity index (χ1v) is 6.62. The summed E-state index contributed by atoms with van der Waals surface area (Å²) in [6, 6.07) is 0.510. The summed E-state index contributed by atoms with van der Waals surface area (Å²) < 4.78 is 0. The molecule has 17 heavy (non-hydrogen) atoms. The summed E-state index contributed by atoms with van der Waals surface area (Å²) in [6.45, 7) is 9.98. The van der Waals surface area contributed by atoms with Gasteiger partial charge in [0.2, 0.25) is 5.28 Å². The number of aryl methyl sites for hydroxylation is 1. The van der Waals surface area contributed by atoms with Crippen molar-refractivity contribution in [3.05, 3.63) is 17.0 Å². The van der Waals surface area contributed by atoms with Crippen molar-refractivity contribution in [2.45, 2.75) is 40.2 Å². The lowest BCUT2D eigenvalue weighted by Gasteiger charge is -2.42. The molecule has 0 bridgehead atoms. The highest BCUT2D eigenvalue weighted by molar-refractivity contribution is 6.28. The fraction of sp³-hybridized carbons (Fsp3) is 0.692. The van der Waals surface area contributed by atoms with Crippen LogP contribution in [0.15, 0.2) is 6.20 Å². The van der Waals surface area contributed by atoms with E-state index < -0.39 is 0 Å². The molecule has 0 aliphatic carbocycles. The van der Waals surface area contributed by atoms with E-state index in [9.17, 15) is 0 Å². The van der Waals surface area contributed by atoms with Crippen LogP contribution in [0.5, 0.6) is 0 Å². The molecule has 2 rings (SSSR count). The average molecular weight is 254 g/mol. The van der Waals surface area contributed by atoms with E-state index in [1.54, 1.807) is 6.20 Å². The van der Waals surface area contributed by atoms with Crippen molar-refractivity contribution in [3.8, 4) is 0 Å². The number of piperidine rings is 1. The monoisotopic (exact) mass is 253 g/mol. The first kappa shape index (κ1) is 12.6. The highest BCUT2D eigenvalue weighted by Gasteiger charge is 2.30. The van der Waals surface area contributed by atoms with Gasteiger partial charge in [-0.05, 0) is 43.7 Å². The van der Waals surface area contributed by atoms with Crippen molar-refractivity contribution in [3.63, 3.8) is 0 Å². The van der Waals surface area contributed by atoms with Crippen molar-refractivity contribution in [2.75, 3.05) is 11.4 Å². The summed E-state index contributed by atoms with van der Waals surface area (Å²) >= 11 is 5.91. The van der Waals surface area contributed by atoms with Gasteiger partial charge in [-0.2, -0.15) is 0 Å². The van der Waals surface area contributed by atoms with Gasteiger partial charge in [0.25, 0.3) is 0 Å². The molecule has 1 aliphatic rings. The molecule has 2 heterocycles. The van der Waals surface area contributed by atoms with Gasteiger partial charge in [0.05, 0.1) is 0 Å². The van der Waals surface area contributed by atoms with Gasteiger partial charge in [0.1, 0.15) is 5.82 Å². The van der Waals surface area contributed by atoms with Crippen LogP contribution in [0.25, 0.3) is 0 Å². The summed E-state index contributed by atoms with van der Waals surface area (Å²) in [5.74, 6) is 2.39. The molecule has 1 saturated heterocycles. The maximum atomic E-state index is 5.91. The van der Waals surface area contributed by atoms with Gasteiger partial charge in [-0.3, -0.25) is 0 Å². The van der Waals surface area contributed by atoms with Crippen LogP contribution >= 0.6 is 11.6 Å². The van der Waals surface area contributed by atoms with Crippen LogP contribution < -0.4 is 4.90 Å². The van der Waals surface area contributed by atoms with Crippen LogP contribution in [0.2, 0.25) is 5.28 Å². The van der Waals surface area contributed by atoms with Crippen molar-refractivity contribution in [2.24, 2.45) is 11.8 Å². The van der Waals surface area contributed by atoms with E-state index in [1.165, 1.54) is 6.42 Å². The fourth-order valence-corrected chi connectivity index (χ4v) is 2.83. The normalized spacial score (nSPS) is 29.5. The maximum Gasteiger partial charge on any atom is 0.224 e. The third kappa shape index (κ3) is 2.54. The SMILES string of the molecule is Cc1cnc(Cl)nc1N1CC(C)CC(C)C1C. The Balaban J connectivity index is 2.34. The largest absolute Gasteiger partial charge is 0.353 e. The van der Waals surface area contributed by atoms with Gasteiger partial charge < -0.3 is 4.90 Å². The fourth-order valence-electron chi connectivity index (χ4n) is 2.70. The lowest BCUT2D eigenvalue weighted by Crippen LogP contribution is -2.46. The second kappa shape index (κ2) is 4.81. The summed E-state index contributed by atoms with van der Waals surface area (Å²) in [6.07, 6.45) is 3.09. The van der Waals surface area contributed by atoms with Crippen LogP contribution in [0, 0.1) is 18.8 Å². The van der Waals surface area contributed by atoms with Crippen LogP contribution in [0.4, 0.5) is 5.82 Å². The lowest BCUT2D eigenvalue weighted by atomic mass is 9.86. The van der Waals surface area contributed by atoms with Gasteiger partial charge >= 0.3 is 0 Å². The summed E-state index contributed by atoms with van der Waals surface area (Å²) in [5.41, 5.74) is 1.10. The molecule has 0 aromatic carbocycles. The van der Waals surface area contributed by atoms with Gasteiger partial charge in [-0.25, -0.2) is 9.97 Å². The van der Waals surface area contributed by atoms with Crippen molar-refractivity contribution in [1.82, 2.24) is 9.97 Å². The molecule has 3 nitrogen and oxygen atoms in total. The Bertz CT molecular complexity index is 408. The van der Waals surface area contributed by atoms with Crippen LogP contribution in [0.3, 0.4) is 0 Å². The quantitative estimate of drug-likeness (QED) is 0.719. The molecule has 0 radical (unpaired) electrons. The molecular weight excluding hydrogens is 234 g/mol. The molecule has 1 aromatic heterocycles. The molecule has 3 unspecified atom stereocenters. The Morgan fingerprint density at radius 3 is 2.76 bits per heavy atom. The highest BCUT2D eigenvalue weighted by Crippen LogP contribution is 2.31. The Hall–Kier alpha value is -0.830. The first-order valence-electron chi connectivity index (χ1n) is 6.24. The third-order valence-electron chi connectivity index (χ3n) is 3.79. The van der Waals surface area contributed by atoms with E-state index in [2.05, 4.69) is 35.6 Å². The number of aromatic nitrogens is 2. The van der Waals surface area contributed by atoms with Gasteiger partial charge in [0, 0.05) is 24.3 Å². The van der Waals surface area contributed by atoms with E-state index in [1.807, 2.05) is 6.92 Å². The zero-order chi connectivity index (χ0) is 12.6. The minimum absolute atomic E-state index is 0.337. The molecule has 1 aliphatic heterocycles. The second-order valence-corrected chi connectivity index (χ2v) is 5.69. The van der Waals surface area contributed by atoms with Gasteiger partial charge in [-0.1, -0.05) is 13.8 Å². The summed E-state index contributed by atoms with van der Waals surface area (Å²) in [5, 5.41) is 0.337. The molecule has 4 heteroatoms. The van der Waals surface area contributed by atoms with E-state index in [4.69, 9.17) is 11.6 Å². The molecule has 0 saturated carbocycles. The molecule has 94 valence electrons. The maximum absolute atomic E-state index is 5.91. The van der Waals surface area contributed by atoms with Crippen LogP contribution in [-0.2, 0) is 0 Å². The van der Waals surface area contributed by atoms with Crippen LogP contribution in [0.1, 0.15) is 32.8 Å². The predicted octanol–water partition coefficient (Wildman–Crippen LogP) is 3.31. The minimum Gasteiger partial charge on any atom is -0.353 e. The molecular formula is C13H20ClN3. The van der Waals surface area contributed by atoms with E-state index in [0.717, 1.165) is 17.9 Å². The minimum atomic E-state index is 0.337. The Labute approximate surface area is 108 Å². The van der Waals surface area contributed by atoms with Gasteiger partial charge in [-0.15, -0.1) is 0 Å². The Morgan fingerprint density at radius 2 is 2.06 bits per heavy atom. The summed E-state index contributed by atoms with van der Waals surface area (Å²) in [4.78, 5) is 10.8. The molecule has 1 aromatic rings. The Morgan fingerprint density at radius 1 is 1.35 bits per heavy atom. The van der Waals surface area contributed by atoms with Crippen molar-refractivity contribution in [1.29, 1.82) is 0 Å². The zero-order valence-corrected chi connectivity index (χ0v) is 11.7. The highest BCUT2D eigenvalue weighted by atomic mass is 35.5. The lowest BCUT2D eigenvalue weighted by molar-refractivity contribution is 0.295. The number of hydrogen-bond acceptors (Lipinski definition) is 3. The smallest absolute Gasteiger partial charge is 0.224 e. The zero-order valence-electron chi connectivity index (χ0n) is 10.9. The average Bonchev–Trinajstić information content (AvgIpc) is 2.27. The number of hydrogen-bond donors (Lipinski definition) is 0. The molecule has 0 amide bonds. The van der Waals surface area contributed by atoms with Crippen molar-refractivity contribution >= 4 is 17.4 Å². The van der Waals surface area contributed by atoms with E-state index in [-0.39, 0.29) is 0 Å². The van der Waals surface area contributed by atoms with Gasteiger partial charge in [0.15, 0.2) is 0 Å². The molecule has 0 spiro atoms. The Kier molecular flexibility index (Phi) is 3.57. The third-order valence-corrected chi connectivity index (χ3v) is 3.97. The topological polar surface area (TPSA) is 29.0 Å². The summed E-state index contributed by atoms with van der Waals surface area (Å²) in [7, 11) is 0. The molecule has 3 atom stereocenters. The number of rotatable bonds is 1. The second-order valence-electron chi connectivity index (χ2n) is 5.36. The molecule has 0 N–H and O–H groups in total.